The van der Waals surface area contributed by atoms with E-state index in [1.54, 1.807) is 30.0 Å². The standard InChI is InChI=1S/C12H12O2S2/c1-4-15-11-7(3)9(13)10(14)8-5-6(2)16-12(8)11/h5H,4H2,1-3H3. The molecule has 0 bridgehead atoms. The van der Waals surface area contributed by atoms with Crippen molar-refractivity contribution in [3.63, 3.8) is 0 Å². The highest BCUT2D eigenvalue weighted by Crippen LogP contribution is 2.41. The molecule has 0 saturated heterocycles. The van der Waals surface area contributed by atoms with Gasteiger partial charge in [-0.05, 0) is 25.7 Å². The Morgan fingerprint density at radius 1 is 1.25 bits per heavy atom. The Morgan fingerprint density at radius 3 is 2.56 bits per heavy atom. The maximum absolute atomic E-state index is 11.8. The molecule has 0 saturated carbocycles. The van der Waals surface area contributed by atoms with Gasteiger partial charge in [-0.25, -0.2) is 0 Å². The van der Waals surface area contributed by atoms with Crippen LogP contribution in [-0.2, 0) is 4.79 Å². The molecule has 0 radical (unpaired) electrons. The quantitative estimate of drug-likeness (QED) is 0.757. The Morgan fingerprint density at radius 2 is 1.94 bits per heavy atom. The van der Waals surface area contributed by atoms with Gasteiger partial charge in [0.05, 0.1) is 4.88 Å². The van der Waals surface area contributed by atoms with E-state index >= 15 is 0 Å². The van der Waals surface area contributed by atoms with Crippen LogP contribution in [0.2, 0.25) is 0 Å². The molecule has 1 aliphatic carbocycles. The van der Waals surface area contributed by atoms with Crippen molar-refractivity contribution in [3.05, 3.63) is 27.0 Å². The highest BCUT2D eigenvalue weighted by molar-refractivity contribution is 8.08. The number of allylic oxidation sites excluding steroid dienone is 1. The number of aryl methyl sites for hydroxylation is 1. The van der Waals surface area contributed by atoms with E-state index in [0.29, 0.717) is 11.1 Å². The molecule has 16 heavy (non-hydrogen) atoms. The summed E-state index contributed by atoms with van der Waals surface area (Å²) in [7, 11) is 0. The normalized spacial score (nSPS) is 15.7. The van der Waals surface area contributed by atoms with Crippen molar-refractivity contribution in [2.24, 2.45) is 0 Å². The second-order valence-corrected chi connectivity index (χ2v) is 6.18. The minimum atomic E-state index is -0.350. The molecule has 0 fully saturated rings. The van der Waals surface area contributed by atoms with Crippen LogP contribution in [0.3, 0.4) is 0 Å². The summed E-state index contributed by atoms with van der Waals surface area (Å²) in [6.07, 6.45) is 0. The molecule has 1 aliphatic rings. The maximum atomic E-state index is 11.8. The predicted octanol–water partition coefficient (Wildman–Crippen LogP) is 3.31. The lowest BCUT2D eigenvalue weighted by molar-refractivity contribution is -0.111. The molecule has 84 valence electrons. The molecule has 0 atom stereocenters. The van der Waals surface area contributed by atoms with Crippen LogP contribution in [0, 0.1) is 6.92 Å². The molecule has 0 amide bonds. The molecule has 1 heterocycles. The van der Waals surface area contributed by atoms with Crippen molar-refractivity contribution in [2.45, 2.75) is 20.8 Å². The maximum Gasteiger partial charge on any atom is 0.234 e. The lowest BCUT2D eigenvalue weighted by atomic mass is 9.96. The van der Waals surface area contributed by atoms with Crippen LogP contribution in [0.1, 0.15) is 34.0 Å². The van der Waals surface area contributed by atoms with E-state index in [9.17, 15) is 9.59 Å². The number of thiophene rings is 1. The van der Waals surface area contributed by atoms with E-state index in [0.717, 1.165) is 20.4 Å². The van der Waals surface area contributed by atoms with E-state index in [-0.39, 0.29) is 11.6 Å². The van der Waals surface area contributed by atoms with Gasteiger partial charge in [0.15, 0.2) is 0 Å². The van der Waals surface area contributed by atoms with Crippen LogP contribution in [-0.4, -0.2) is 17.3 Å². The summed E-state index contributed by atoms with van der Waals surface area (Å²) >= 11 is 3.24. The molecule has 1 aromatic rings. The van der Waals surface area contributed by atoms with Gasteiger partial charge >= 0.3 is 0 Å². The van der Waals surface area contributed by atoms with Crippen molar-refractivity contribution in [2.75, 3.05) is 5.75 Å². The number of fused-ring (bicyclic) bond motifs is 1. The summed E-state index contributed by atoms with van der Waals surface area (Å²) in [5, 5.41) is 0. The lowest BCUT2D eigenvalue weighted by Crippen LogP contribution is -2.20. The van der Waals surface area contributed by atoms with Crippen LogP contribution in [0.15, 0.2) is 11.6 Å². The van der Waals surface area contributed by atoms with Crippen LogP contribution in [0.4, 0.5) is 0 Å². The van der Waals surface area contributed by atoms with Gasteiger partial charge in [0, 0.05) is 20.9 Å². The summed E-state index contributed by atoms with van der Waals surface area (Å²) in [6.45, 7) is 5.76. The fraction of sp³-hybridized carbons (Fsp3) is 0.333. The molecule has 4 heteroatoms. The minimum Gasteiger partial charge on any atom is -0.285 e. The topological polar surface area (TPSA) is 34.1 Å². The van der Waals surface area contributed by atoms with Crippen molar-refractivity contribution < 1.29 is 9.59 Å². The number of hydrogen-bond donors (Lipinski definition) is 0. The highest BCUT2D eigenvalue weighted by Gasteiger charge is 2.31. The van der Waals surface area contributed by atoms with Gasteiger partial charge in [0.25, 0.3) is 0 Å². The van der Waals surface area contributed by atoms with Gasteiger partial charge in [0.1, 0.15) is 0 Å². The lowest BCUT2D eigenvalue weighted by Gasteiger charge is -2.15. The molecule has 1 aromatic heterocycles. The summed E-state index contributed by atoms with van der Waals surface area (Å²) in [5.41, 5.74) is 1.19. The molecule has 0 unspecified atom stereocenters. The first-order chi connectivity index (χ1) is 7.56. The molecule has 2 rings (SSSR count). The Labute approximate surface area is 103 Å². The van der Waals surface area contributed by atoms with Crippen LogP contribution in [0.5, 0.6) is 0 Å². The van der Waals surface area contributed by atoms with E-state index in [4.69, 9.17) is 0 Å². The van der Waals surface area contributed by atoms with Crippen LogP contribution < -0.4 is 0 Å². The van der Waals surface area contributed by atoms with Gasteiger partial charge in [-0.2, -0.15) is 0 Å². The van der Waals surface area contributed by atoms with Gasteiger partial charge in [0.2, 0.25) is 11.6 Å². The molecular formula is C12H12O2S2. The van der Waals surface area contributed by atoms with E-state index in [1.165, 1.54) is 0 Å². The average Bonchev–Trinajstić information content (AvgIpc) is 2.63. The summed E-state index contributed by atoms with van der Waals surface area (Å²) in [5.74, 6) is 0.211. The first-order valence-electron chi connectivity index (χ1n) is 5.09. The smallest absolute Gasteiger partial charge is 0.234 e. The van der Waals surface area contributed by atoms with Crippen LogP contribution in [0.25, 0.3) is 4.91 Å². The number of Topliss-reactive ketones (excluding diaryl/α,β-unsaturated/α-hetero) is 2. The largest absolute Gasteiger partial charge is 0.285 e. The van der Waals surface area contributed by atoms with Crippen LogP contribution >= 0.6 is 23.1 Å². The molecule has 0 aliphatic heterocycles. The third kappa shape index (κ3) is 1.66. The number of hydrogen-bond acceptors (Lipinski definition) is 4. The summed E-state index contributed by atoms with van der Waals surface area (Å²) in [6, 6.07) is 1.82. The molecular weight excluding hydrogens is 240 g/mol. The zero-order valence-corrected chi connectivity index (χ0v) is 11.1. The highest BCUT2D eigenvalue weighted by atomic mass is 32.2. The number of carbonyl (C=O) groups is 2. The Bertz CT molecular complexity index is 509. The van der Waals surface area contributed by atoms with Gasteiger partial charge in [-0.3, -0.25) is 9.59 Å². The van der Waals surface area contributed by atoms with Crippen molar-refractivity contribution in [1.82, 2.24) is 0 Å². The zero-order valence-electron chi connectivity index (χ0n) is 9.42. The second-order valence-electron chi connectivity index (χ2n) is 3.65. The Kier molecular flexibility index (Phi) is 3.04. The van der Waals surface area contributed by atoms with Crippen molar-refractivity contribution >= 4 is 39.6 Å². The fourth-order valence-corrected chi connectivity index (χ4v) is 3.88. The fourth-order valence-electron chi connectivity index (χ4n) is 1.74. The first kappa shape index (κ1) is 11.6. The van der Waals surface area contributed by atoms with Crippen molar-refractivity contribution in [3.8, 4) is 0 Å². The molecule has 0 N–H and O–H groups in total. The molecule has 2 nitrogen and oxygen atoms in total. The van der Waals surface area contributed by atoms with Crippen molar-refractivity contribution in [1.29, 1.82) is 0 Å². The number of carbonyl (C=O) groups excluding carboxylic acids is 2. The number of thioether (sulfide) groups is 1. The first-order valence-corrected chi connectivity index (χ1v) is 6.90. The van der Waals surface area contributed by atoms with E-state index in [2.05, 4.69) is 0 Å². The Balaban J connectivity index is 2.65. The molecule has 0 aromatic carbocycles. The van der Waals surface area contributed by atoms with E-state index < -0.39 is 0 Å². The zero-order chi connectivity index (χ0) is 11.9. The monoisotopic (exact) mass is 252 g/mol. The third-order valence-corrected chi connectivity index (χ3v) is 4.77. The Hall–Kier alpha value is -0.870. The van der Waals surface area contributed by atoms with E-state index in [1.807, 2.05) is 19.9 Å². The number of rotatable bonds is 2. The predicted molar refractivity (Wildman–Crippen MR) is 69.1 cm³/mol. The third-order valence-electron chi connectivity index (χ3n) is 2.48. The van der Waals surface area contributed by atoms with Gasteiger partial charge in [-0.1, -0.05) is 6.92 Å². The minimum absolute atomic E-state index is 0.346. The number of ketones is 2. The van der Waals surface area contributed by atoms with Gasteiger partial charge < -0.3 is 0 Å². The summed E-state index contributed by atoms with van der Waals surface area (Å²) < 4.78 is 0. The second kappa shape index (κ2) is 4.18. The SMILES string of the molecule is CCSC1=C(C)C(=O)C(=O)c2cc(C)sc21. The summed E-state index contributed by atoms with van der Waals surface area (Å²) in [4.78, 5) is 26.6. The molecule has 0 spiro atoms. The van der Waals surface area contributed by atoms with Gasteiger partial charge in [-0.15, -0.1) is 23.1 Å². The average molecular weight is 252 g/mol.